The summed E-state index contributed by atoms with van der Waals surface area (Å²) in [5, 5.41) is 0.935. The summed E-state index contributed by atoms with van der Waals surface area (Å²) in [5.74, 6) is 0.819. The quantitative estimate of drug-likeness (QED) is 0.919. The molecule has 0 aliphatic carbocycles. The van der Waals surface area contributed by atoms with Crippen molar-refractivity contribution in [3.05, 3.63) is 34.8 Å². The van der Waals surface area contributed by atoms with E-state index in [1.165, 1.54) is 0 Å². The van der Waals surface area contributed by atoms with Crippen LogP contribution in [0.2, 0.25) is 0 Å². The monoisotopic (exact) mass is 292 g/mol. The fourth-order valence-electron chi connectivity index (χ4n) is 1.97. The maximum absolute atomic E-state index is 6.23. The molecule has 1 heterocycles. The topological polar surface area (TPSA) is 57.4 Å². The number of ether oxygens (including phenoxy) is 2. The Morgan fingerprint density at radius 1 is 1.30 bits per heavy atom. The Bertz CT molecular complexity index is 588. The summed E-state index contributed by atoms with van der Waals surface area (Å²) in [6.45, 7) is 4.43. The van der Waals surface area contributed by atoms with Gasteiger partial charge in [0.15, 0.2) is 0 Å². The summed E-state index contributed by atoms with van der Waals surface area (Å²) in [7, 11) is 3.32. The second kappa shape index (κ2) is 5.91. The Hall–Kier alpha value is -1.43. The molecule has 0 amide bonds. The molecule has 2 N–H and O–H groups in total. The van der Waals surface area contributed by atoms with E-state index in [1.54, 1.807) is 25.6 Å². The summed E-state index contributed by atoms with van der Waals surface area (Å²) in [4.78, 5) is 5.72. The summed E-state index contributed by atoms with van der Waals surface area (Å²) in [6, 6.07) is 7.87. The van der Waals surface area contributed by atoms with Crippen LogP contribution in [0, 0.1) is 0 Å². The van der Waals surface area contributed by atoms with Gasteiger partial charge < -0.3 is 15.2 Å². The molecule has 5 heteroatoms. The molecular weight excluding hydrogens is 272 g/mol. The van der Waals surface area contributed by atoms with E-state index in [4.69, 9.17) is 15.2 Å². The predicted molar refractivity (Wildman–Crippen MR) is 82.0 cm³/mol. The van der Waals surface area contributed by atoms with Gasteiger partial charge in [0, 0.05) is 23.1 Å². The van der Waals surface area contributed by atoms with Crippen molar-refractivity contribution >= 4 is 11.3 Å². The molecule has 108 valence electrons. The molecule has 0 aliphatic heterocycles. The van der Waals surface area contributed by atoms with E-state index in [2.05, 4.69) is 4.98 Å². The first-order chi connectivity index (χ1) is 9.45. The zero-order valence-corrected chi connectivity index (χ0v) is 13.1. The van der Waals surface area contributed by atoms with Crippen LogP contribution in [0.1, 0.15) is 24.4 Å². The highest BCUT2D eigenvalue weighted by atomic mass is 32.1. The van der Waals surface area contributed by atoms with E-state index >= 15 is 0 Å². The molecule has 0 atom stereocenters. The van der Waals surface area contributed by atoms with Crippen molar-refractivity contribution in [3.8, 4) is 16.3 Å². The van der Waals surface area contributed by atoms with Crippen molar-refractivity contribution in [2.24, 2.45) is 5.73 Å². The van der Waals surface area contributed by atoms with Crippen LogP contribution in [0.4, 0.5) is 0 Å². The van der Waals surface area contributed by atoms with Crippen molar-refractivity contribution in [2.75, 3.05) is 14.2 Å². The third-order valence-electron chi connectivity index (χ3n) is 2.88. The average Bonchev–Trinajstić information content (AvgIpc) is 2.83. The highest BCUT2D eigenvalue weighted by molar-refractivity contribution is 7.15. The Morgan fingerprint density at radius 2 is 2.05 bits per heavy atom. The van der Waals surface area contributed by atoms with Gasteiger partial charge in [0.1, 0.15) is 10.8 Å². The molecule has 0 fully saturated rings. The molecule has 0 bridgehead atoms. The van der Waals surface area contributed by atoms with Crippen molar-refractivity contribution < 1.29 is 9.47 Å². The molecule has 0 spiro atoms. The lowest BCUT2D eigenvalue weighted by Crippen LogP contribution is -2.28. The van der Waals surface area contributed by atoms with Crippen molar-refractivity contribution in [2.45, 2.75) is 26.0 Å². The number of nitrogens with zero attached hydrogens (tertiary/aromatic N) is 1. The van der Waals surface area contributed by atoms with Gasteiger partial charge in [-0.2, -0.15) is 0 Å². The molecule has 20 heavy (non-hydrogen) atoms. The van der Waals surface area contributed by atoms with Gasteiger partial charge >= 0.3 is 0 Å². The fourth-order valence-corrected chi connectivity index (χ4v) is 3.05. The van der Waals surface area contributed by atoms with Gasteiger partial charge in [-0.25, -0.2) is 4.98 Å². The molecule has 0 aliphatic rings. The zero-order valence-electron chi connectivity index (χ0n) is 12.3. The highest BCUT2D eigenvalue weighted by Crippen LogP contribution is 2.35. The lowest BCUT2D eigenvalue weighted by atomic mass is 10.0. The standard InChI is InChI=1S/C15H20N2O2S/c1-15(2,16)13-12(9-18-3)17-14(20-13)10-6-5-7-11(8-10)19-4/h5-8H,9,16H2,1-4H3. The third kappa shape index (κ3) is 3.17. The highest BCUT2D eigenvalue weighted by Gasteiger charge is 2.24. The van der Waals surface area contributed by atoms with Gasteiger partial charge in [-0.3, -0.25) is 0 Å². The molecule has 2 rings (SSSR count). The number of hydrogen-bond acceptors (Lipinski definition) is 5. The number of aromatic nitrogens is 1. The van der Waals surface area contributed by atoms with Crippen LogP contribution in [0.5, 0.6) is 5.75 Å². The Morgan fingerprint density at radius 3 is 2.65 bits per heavy atom. The number of benzene rings is 1. The second-order valence-electron chi connectivity index (χ2n) is 5.18. The number of nitrogens with two attached hydrogens (primary N) is 1. The van der Waals surface area contributed by atoms with E-state index < -0.39 is 5.54 Å². The summed E-state index contributed by atoms with van der Waals surface area (Å²) >= 11 is 1.61. The van der Waals surface area contributed by atoms with Gasteiger partial charge in [-0.05, 0) is 26.0 Å². The first-order valence-corrected chi connectivity index (χ1v) is 7.19. The van der Waals surface area contributed by atoms with Crippen LogP contribution in [0.3, 0.4) is 0 Å². The number of methoxy groups -OCH3 is 2. The van der Waals surface area contributed by atoms with Crippen LogP contribution >= 0.6 is 11.3 Å². The lowest BCUT2D eigenvalue weighted by molar-refractivity contribution is 0.180. The Labute approximate surface area is 123 Å². The molecular formula is C15H20N2O2S. The number of thiazole rings is 1. The zero-order chi connectivity index (χ0) is 14.8. The third-order valence-corrected chi connectivity index (χ3v) is 4.37. The van der Waals surface area contributed by atoms with E-state index in [-0.39, 0.29) is 0 Å². The maximum Gasteiger partial charge on any atom is 0.124 e. The van der Waals surface area contributed by atoms with Gasteiger partial charge in [0.25, 0.3) is 0 Å². The van der Waals surface area contributed by atoms with Gasteiger partial charge in [-0.15, -0.1) is 11.3 Å². The minimum atomic E-state index is -0.428. The maximum atomic E-state index is 6.23. The van der Waals surface area contributed by atoms with Crippen LogP contribution in [0.25, 0.3) is 10.6 Å². The number of hydrogen-bond donors (Lipinski definition) is 1. The summed E-state index contributed by atoms with van der Waals surface area (Å²) in [5.41, 5.74) is 7.73. The fraction of sp³-hybridized carbons (Fsp3) is 0.400. The van der Waals surface area contributed by atoms with Crippen molar-refractivity contribution in [1.82, 2.24) is 4.98 Å². The largest absolute Gasteiger partial charge is 0.497 e. The molecule has 4 nitrogen and oxygen atoms in total. The van der Waals surface area contributed by atoms with Gasteiger partial charge in [0.2, 0.25) is 0 Å². The average molecular weight is 292 g/mol. The van der Waals surface area contributed by atoms with E-state index in [1.807, 2.05) is 38.1 Å². The molecule has 2 aromatic rings. The predicted octanol–water partition coefficient (Wildman–Crippen LogP) is 3.16. The van der Waals surface area contributed by atoms with Crippen LogP contribution in [-0.4, -0.2) is 19.2 Å². The molecule has 0 saturated heterocycles. The minimum absolute atomic E-state index is 0.428. The van der Waals surface area contributed by atoms with E-state index in [9.17, 15) is 0 Å². The molecule has 0 radical (unpaired) electrons. The van der Waals surface area contributed by atoms with Crippen molar-refractivity contribution in [3.63, 3.8) is 0 Å². The second-order valence-corrected chi connectivity index (χ2v) is 6.18. The minimum Gasteiger partial charge on any atom is -0.497 e. The lowest BCUT2D eigenvalue weighted by Gasteiger charge is -2.17. The molecule has 0 unspecified atom stereocenters. The van der Waals surface area contributed by atoms with Crippen LogP contribution < -0.4 is 10.5 Å². The summed E-state index contributed by atoms with van der Waals surface area (Å²) in [6.07, 6.45) is 0. The van der Waals surface area contributed by atoms with E-state index in [0.29, 0.717) is 6.61 Å². The Balaban J connectivity index is 2.47. The van der Waals surface area contributed by atoms with Crippen LogP contribution in [0.15, 0.2) is 24.3 Å². The smallest absolute Gasteiger partial charge is 0.124 e. The van der Waals surface area contributed by atoms with Gasteiger partial charge in [-0.1, -0.05) is 12.1 Å². The van der Waals surface area contributed by atoms with Gasteiger partial charge in [0.05, 0.1) is 19.4 Å². The summed E-state index contributed by atoms with van der Waals surface area (Å²) < 4.78 is 10.5. The first-order valence-electron chi connectivity index (χ1n) is 6.38. The molecule has 1 aromatic carbocycles. The normalized spacial score (nSPS) is 11.7. The molecule has 0 saturated carbocycles. The van der Waals surface area contributed by atoms with E-state index in [0.717, 1.165) is 26.9 Å². The van der Waals surface area contributed by atoms with Crippen LogP contribution in [-0.2, 0) is 16.9 Å². The SMILES string of the molecule is COCc1nc(-c2cccc(OC)c2)sc1C(C)(C)N. The molecule has 1 aromatic heterocycles. The van der Waals surface area contributed by atoms with Crippen molar-refractivity contribution in [1.29, 1.82) is 0 Å². The number of rotatable bonds is 5. The Kier molecular flexibility index (Phi) is 4.42. The first kappa shape index (κ1) is 15.0.